The van der Waals surface area contributed by atoms with Crippen molar-refractivity contribution in [1.29, 1.82) is 0 Å². The number of carbonyl (C=O) groups is 1. The van der Waals surface area contributed by atoms with Crippen LogP contribution in [0.1, 0.15) is 22.8 Å². The first-order valence-electron chi connectivity index (χ1n) is 9.30. The van der Waals surface area contributed by atoms with Gasteiger partial charge in [0.2, 0.25) is 5.43 Å². The second-order valence-corrected chi connectivity index (χ2v) is 7.21. The molecule has 0 radical (unpaired) electrons. The van der Waals surface area contributed by atoms with Crippen molar-refractivity contribution in [3.63, 3.8) is 0 Å². The Morgan fingerprint density at radius 1 is 1.10 bits per heavy atom. The normalized spacial score (nSPS) is 11.1. The number of rotatable bonds is 5. The number of aromatic nitrogens is 1. The van der Waals surface area contributed by atoms with Gasteiger partial charge in [-0.25, -0.2) is 4.79 Å². The zero-order valence-corrected chi connectivity index (χ0v) is 16.5. The summed E-state index contributed by atoms with van der Waals surface area (Å²) >= 11 is 6.48. The van der Waals surface area contributed by atoms with Gasteiger partial charge in [-0.3, -0.25) is 4.79 Å². The molecule has 5 nitrogen and oxygen atoms in total. The molecule has 4 rings (SSSR count). The summed E-state index contributed by atoms with van der Waals surface area (Å²) in [6, 6.07) is 17.6. The van der Waals surface area contributed by atoms with Crippen LogP contribution in [0.5, 0.6) is 0 Å². The summed E-state index contributed by atoms with van der Waals surface area (Å²) in [6.45, 7) is 2.93. The third kappa shape index (κ3) is 3.45. The van der Waals surface area contributed by atoms with Gasteiger partial charge in [0, 0.05) is 24.7 Å². The fraction of sp³-hybridized carbons (Fsp3) is 0.130. The van der Waals surface area contributed by atoms with Gasteiger partial charge in [0.05, 0.1) is 16.2 Å². The maximum atomic E-state index is 12.7. The molecule has 0 aliphatic heterocycles. The van der Waals surface area contributed by atoms with Crippen molar-refractivity contribution >= 4 is 44.9 Å². The molecular weight excluding hydrogens is 388 g/mol. The van der Waals surface area contributed by atoms with Crippen molar-refractivity contribution in [2.24, 2.45) is 0 Å². The molecule has 3 aromatic carbocycles. The summed E-state index contributed by atoms with van der Waals surface area (Å²) in [7, 11) is 0. The molecule has 0 saturated carbocycles. The standard InChI is InChI=1S/C23H19ClN2O3/c1-2-26-13-18(23(28)29)22(27)17-10-20(19(24)11-21(17)26)25-12-15-8-5-7-14-6-3-4-9-16(14)15/h3-11,13,25H,2,12H2,1H3,(H,28,29). The third-order valence-electron chi connectivity index (χ3n) is 5.09. The highest BCUT2D eigenvalue weighted by Crippen LogP contribution is 2.28. The molecule has 0 aliphatic carbocycles. The molecule has 4 aromatic rings. The van der Waals surface area contributed by atoms with E-state index in [4.69, 9.17) is 11.6 Å². The van der Waals surface area contributed by atoms with E-state index in [1.807, 2.05) is 31.2 Å². The molecule has 146 valence electrons. The lowest BCUT2D eigenvalue weighted by Crippen LogP contribution is -2.19. The van der Waals surface area contributed by atoms with Gasteiger partial charge in [0.15, 0.2) is 0 Å². The van der Waals surface area contributed by atoms with Crippen LogP contribution < -0.4 is 10.7 Å². The fourth-order valence-electron chi connectivity index (χ4n) is 3.60. The third-order valence-corrected chi connectivity index (χ3v) is 5.40. The molecule has 2 N–H and O–H groups in total. The molecule has 0 aliphatic rings. The van der Waals surface area contributed by atoms with E-state index in [-0.39, 0.29) is 5.56 Å². The van der Waals surface area contributed by atoms with E-state index in [1.54, 1.807) is 16.7 Å². The van der Waals surface area contributed by atoms with Gasteiger partial charge in [0.25, 0.3) is 0 Å². The summed E-state index contributed by atoms with van der Waals surface area (Å²) in [5, 5.41) is 15.8. The smallest absolute Gasteiger partial charge is 0.341 e. The highest BCUT2D eigenvalue weighted by Gasteiger charge is 2.16. The zero-order chi connectivity index (χ0) is 20.5. The topological polar surface area (TPSA) is 71.3 Å². The number of nitrogens with one attached hydrogen (secondary N) is 1. The van der Waals surface area contributed by atoms with Gasteiger partial charge < -0.3 is 15.0 Å². The highest BCUT2D eigenvalue weighted by atomic mass is 35.5. The van der Waals surface area contributed by atoms with Crippen LogP contribution in [0.4, 0.5) is 5.69 Å². The molecule has 0 saturated heterocycles. The second-order valence-electron chi connectivity index (χ2n) is 6.80. The first-order valence-corrected chi connectivity index (χ1v) is 9.68. The predicted octanol–water partition coefficient (Wildman–Crippen LogP) is 5.14. The number of benzene rings is 3. The van der Waals surface area contributed by atoms with Gasteiger partial charge in [0.1, 0.15) is 5.56 Å². The Kier molecular flexibility index (Phi) is 4.99. The first-order chi connectivity index (χ1) is 14.0. The van der Waals surface area contributed by atoms with Crippen LogP contribution in [-0.2, 0) is 13.1 Å². The minimum Gasteiger partial charge on any atom is -0.477 e. The number of anilines is 1. The van der Waals surface area contributed by atoms with Crippen molar-refractivity contribution < 1.29 is 9.90 Å². The average molecular weight is 407 g/mol. The van der Waals surface area contributed by atoms with E-state index in [9.17, 15) is 14.7 Å². The number of halogens is 1. The Morgan fingerprint density at radius 3 is 2.62 bits per heavy atom. The van der Waals surface area contributed by atoms with E-state index >= 15 is 0 Å². The largest absolute Gasteiger partial charge is 0.477 e. The molecule has 1 heterocycles. The summed E-state index contributed by atoms with van der Waals surface area (Å²) in [4.78, 5) is 24.2. The minimum absolute atomic E-state index is 0.248. The van der Waals surface area contributed by atoms with Gasteiger partial charge in [-0.15, -0.1) is 0 Å². The molecule has 29 heavy (non-hydrogen) atoms. The van der Waals surface area contributed by atoms with Crippen LogP contribution in [0, 0.1) is 0 Å². The number of aromatic carboxylic acids is 1. The first kappa shape index (κ1) is 19.0. The molecular formula is C23H19ClN2O3. The number of nitrogens with zero attached hydrogens (tertiary/aromatic N) is 1. The molecule has 0 fully saturated rings. The zero-order valence-electron chi connectivity index (χ0n) is 15.8. The van der Waals surface area contributed by atoms with Crippen molar-refractivity contribution in [3.8, 4) is 0 Å². The SMILES string of the molecule is CCn1cc(C(=O)O)c(=O)c2cc(NCc3cccc4ccccc34)c(Cl)cc21. The lowest BCUT2D eigenvalue weighted by atomic mass is 10.0. The molecule has 0 spiro atoms. The lowest BCUT2D eigenvalue weighted by Gasteiger charge is -2.15. The Morgan fingerprint density at radius 2 is 1.86 bits per heavy atom. The summed E-state index contributed by atoms with van der Waals surface area (Å²) in [6.07, 6.45) is 1.37. The lowest BCUT2D eigenvalue weighted by molar-refractivity contribution is 0.0695. The molecule has 0 unspecified atom stereocenters. The predicted molar refractivity (Wildman–Crippen MR) is 117 cm³/mol. The van der Waals surface area contributed by atoms with Crippen molar-refractivity contribution in [2.45, 2.75) is 20.0 Å². The van der Waals surface area contributed by atoms with Crippen molar-refractivity contribution in [2.75, 3.05) is 5.32 Å². The monoisotopic (exact) mass is 406 g/mol. The van der Waals surface area contributed by atoms with Gasteiger partial charge in [-0.05, 0) is 35.4 Å². The quantitative estimate of drug-likeness (QED) is 0.481. The summed E-state index contributed by atoms with van der Waals surface area (Å²) in [5.41, 5.74) is 1.55. The van der Waals surface area contributed by atoms with Crippen LogP contribution in [0.15, 0.2) is 65.6 Å². The molecule has 0 bridgehead atoms. The second kappa shape index (κ2) is 7.60. The Balaban J connectivity index is 1.78. The minimum atomic E-state index is -1.24. The summed E-state index contributed by atoms with van der Waals surface area (Å²) < 4.78 is 1.72. The summed E-state index contributed by atoms with van der Waals surface area (Å²) in [5.74, 6) is -1.24. The van der Waals surface area contributed by atoms with E-state index < -0.39 is 11.4 Å². The van der Waals surface area contributed by atoms with Crippen molar-refractivity contribution in [3.05, 3.63) is 87.2 Å². The molecule has 0 amide bonds. The van der Waals surface area contributed by atoms with Crippen molar-refractivity contribution in [1.82, 2.24) is 4.57 Å². The van der Waals surface area contributed by atoms with Gasteiger partial charge in [-0.1, -0.05) is 54.1 Å². The number of hydrogen-bond acceptors (Lipinski definition) is 3. The number of hydrogen-bond donors (Lipinski definition) is 2. The van der Waals surface area contributed by atoms with Gasteiger partial charge >= 0.3 is 5.97 Å². The maximum absolute atomic E-state index is 12.7. The van der Waals surface area contributed by atoms with Crippen LogP contribution in [0.2, 0.25) is 5.02 Å². The number of carboxylic acid groups (broad SMARTS) is 1. The Hall–Kier alpha value is -3.31. The number of pyridine rings is 1. The van der Waals surface area contributed by atoms with E-state index in [0.29, 0.717) is 34.7 Å². The highest BCUT2D eigenvalue weighted by molar-refractivity contribution is 6.34. The molecule has 1 aromatic heterocycles. The molecule has 6 heteroatoms. The Labute approximate surface area is 172 Å². The van der Waals surface area contributed by atoms with Crippen LogP contribution in [0.25, 0.3) is 21.7 Å². The van der Waals surface area contributed by atoms with Crippen LogP contribution >= 0.6 is 11.6 Å². The number of aryl methyl sites for hydroxylation is 1. The van der Waals surface area contributed by atoms with E-state index in [1.165, 1.54) is 6.20 Å². The fourth-order valence-corrected chi connectivity index (χ4v) is 3.82. The van der Waals surface area contributed by atoms with Crippen LogP contribution in [0.3, 0.4) is 0 Å². The number of fused-ring (bicyclic) bond motifs is 2. The Bertz CT molecular complexity index is 1310. The number of carboxylic acids is 1. The molecule has 0 atom stereocenters. The van der Waals surface area contributed by atoms with E-state index in [0.717, 1.165) is 16.3 Å². The maximum Gasteiger partial charge on any atom is 0.341 e. The van der Waals surface area contributed by atoms with Gasteiger partial charge in [-0.2, -0.15) is 0 Å². The van der Waals surface area contributed by atoms with E-state index in [2.05, 4.69) is 23.5 Å². The van der Waals surface area contributed by atoms with Crippen LogP contribution in [-0.4, -0.2) is 15.6 Å². The average Bonchev–Trinajstić information content (AvgIpc) is 2.72.